The summed E-state index contributed by atoms with van der Waals surface area (Å²) < 4.78 is 37.7. The van der Waals surface area contributed by atoms with Crippen LogP contribution >= 0.6 is 0 Å². The van der Waals surface area contributed by atoms with E-state index in [4.69, 9.17) is 18.9 Å². The quantitative estimate of drug-likeness (QED) is 0.440. The van der Waals surface area contributed by atoms with Crippen molar-refractivity contribution >= 4 is 24.1 Å². The molecule has 1 aliphatic carbocycles. The minimum Gasteiger partial charge on any atom is -0.458 e. The van der Waals surface area contributed by atoms with Crippen molar-refractivity contribution in [3.8, 4) is 0 Å². The van der Waals surface area contributed by atoms with E-state index in [-0.39, 0.29) is 31.2 Å². The van der Waals surface area contributed by atoms with Crippen molar-refractivity contribution in [2.75, 3.05) is 26.3 Å². The zero-order valence-electron chi connectivity index (χ0n) is 21.6. The van der Waals surface area contributed by atoms with Gasteiger partial charge in [-0.3, -0.25) is 4.79 Å². The molecule has 1 saturated carbocycles. The number of rotatable bonds is 3. The van der Waals surface area contributed by atoms with Crippen molar-refractivity contribution in [2.24, 2.45) is 0 Å². The number of morpholine rings is 1. The van der Waals surface area contributed by atoms with Crippen LogP contribution in [0.4, 0.5) is 14.0 Å². The second-order valence-electron chi connectivity index (χ2n) is 11.5. The second kappa shape index (κ2) is 8.98. The van der Waals surface area contributed by atoms with Crippen molar-refractivity contribution in [3.05, 3.63) is 0 Å². The molecular formula is C23H37FN2O8. The molecule has 2 rings (SSSR count). The minimum absolute atomic E-state index is 0.105. The van der Waals surface area contributed by atoms with Crippen LogP contribution in [-0.2, 0) is 28.5 Å². The van der Waals surface area contributed by atoms with Crippen LogP contribution in [0.15, 0.2) is 0 Å². The standard InChI is InChI=1S/C23H37FN2O8/c1-19(2,3)32-16(28)23(14-22(23,24)15(27)25-10-12-31-13-11-25)26(17(29)33-20(4,5)6)18(30)34-21(7,8)9/h10-14H2,1-9H3/t22-,23+/m0/s1. The first-order valence-corrected chi connectivity index (χ1v) is 11.3. The second-order valence-corrected chi connectivity index (χ2v) is 11.5. The first kappa shape index (κ1) is 27.8. The Balaban J connectivity index is 2.60. The number of esters is 1. The molecule has 0 aromatic rings. The average Bonchev–Trinajstić information content (AvgIpc) is 3.25. The van der Waals surface area contributed by atoms with E-state index < -0.39 is 58.5 Å². The highest BCUT2D eigenvalue weighted by atomic mass is 19.1. The lowest BCUT2D eigenvalue weighted by Crippen LogP contribution is -2.61. The number of imide groups is 1. The van der Waals surface area contributed by atoms with Crippen LogP contribution in [0.3, 0.4) is 0 Å². The van der Waals surface area contributed by atoms with E-state index in [0.717, 1.165) is 0 Å². The lowest BCUT2D eigenvalue weighted by Gasteiger charge is -2.36. The molecule has 0 spiro atoms. The first-order valence-electron chi connectivity index (χ1n) is 11.3. The first-order chi connectivity index (χ1) is 15.2. The van der Waals surface area contributed by atoms with Crippen molar-refractivity contribution < 1.29 is 42.5 Å². The molecule has 1 aliphatic heterocycles. The third kappa shape index (κ3) is 5.97. The predicted molar refractivity (Wildman–Crippen MR) is 119 cm³/mol. The van der Waals surface area contributed by atoms with Crippen molar-refractivity contribution in [3.63, 3.8) is 0 Å². The number of ether oxygens (including phenoxy) is 4. The molecule has 0 aromatic heterocycles. The Labute approximate surface area is 200 Å². The zero-order chi connectivity index (χ0) is 26.3. The molecule has 11 heteroatoms. The molecule has 0 N–H and O–H groups in total. The van der Waals surface area contributed by atoms with Gasteiger partial charge in [0, 0.05) is 19.5 Å². The number of alkyl halides is 1. The Morgan fingerprint density at radius 2 is 1.21 bits per heavy atom. The highest BCUT2D eigenvalue weighted by molar-refractivity contribution is 6.08. The number of halogens is 1. The smallest absolute Gasteiger partial charge is 0.421 e. The summed E-state index contributed by atoms with van der Waals surface area (Å²) in [6, 6.07) is 0. The maximum atomic E-state index is 16.5. The summed E-state index contributed by atoms with van der Waals surface area (Å²) in [6.45, 7) is 14.6. The van der Waals surface area contributed by atoms with Gasteiger partial charge in [0.1, 0.15) is 16.8 Å². The highest BCUT2D eigenvalue weighted by Crippen LogP contribution is 2.58. The largest absolute Gasteiger partial charge is 0.458 e. The van der Waals surface area contributed by atoms with Crippen LogP contribution in [0, 0.1) is 0 Å². The van der Waals surface area contributed by atoms with Crippen LogP contribution in [-0.4, -0.2) is 88.2 Å². The maximum absolute atomic E-state index is 16.5. The topological polar surface area (TPSA) is 112 Å². The van der Waals surface area contributed by atoms with Crippen LogP contribution in [0.5, 0.6) is 0 Å². The van der Waals surface area contributed by atoms with Crippen LogP contribution in [0.1, 0.15) is 68.7 Å². The van der Waals surface area contributed by atoms with Gasteiger partial charge < -0.3 is 23.8 Å². The lowest BCUT2D eigenvalue weighted by molar-refractivity contribution is -0.168. The molecule has 2 aliphatic rings. The number of amides is 3. The molecule has 0 aromatic carbocycles. The summed E-state index contributed by atoms with van der Waals surface area (Å²) >= 11 is 0. The maximum Gasteiger partial charge on any atom is 0.421 e. The Bertz CT molecular complexity index is 807. The van der Waals surface area contributed by atoms with Crippen molar-refractivity contribution in [1.82, 2.24) is 9.80 Å². The molecule has 194 valence electrons. The number of nitrogens with zero attached hydrogens (tertiary/aromatic N) is 2. The summed E-state index contributed by atoms with van der Waals surface area (Å²) in [6.07, 6.45) is -3.41. The van der Waals surface area contributed by atoms with Gasteiger partial charge in [-0.15, -0.1) is 0 Å². The Kier molecular flexibility index (Phi) is 7.34. The number of carbonyl (C=O) groups is 4. The third-order valence-corrected chi connectivity index (χ3v) is 4.94. The molecule has 1 heterocycles. The van der Waals surface area contributed by atoms with Gasteiger partial charge in [-0.2, -0.15) is 4.90 Å². The van der Waals surface area contributed by atoms with E-state index in [1.165, 1.54) is 4.90 Å². The Morgan fingerprint density at radius 3 is 1.59 bits per heavy atom. The summed E-state index contributed by atoms with van der Waals surface area (Å²) in [5.41, 5.74) is -8.77. The molecule has 0 bridgehead atoms. The van der Waals surface area contributed by atoms with Gasteiger partial charge in [-0.05, 0) is 62.3 Å². The third-order valence-electron chi connectivity index (χ3n) is 4.94. The summed E-state index contributed by atoms with van der Waals surface area (Å²) in [4.78, 5) is 54.6. The van der Waals surface area contributed by atoms with Crippen molar-refractivity contribution in [2.45, 2.75) is 96.7 Å². The number of hydrogen-bond donors (Lipinski definition) is 0. The van der Waals surface area contributed by atoms with E-state index >= 15 is 4.39 Å². The summed E-state index contributed by atoms with van der Waals surface area (Å²) in [7, 11) is 0. The van der Waals surface area contributed by atoms with E-state index in [1.807, 2.05) is 0 Å². The molecule has 34 heavy (non-hydrogen) atoms. The van der Waals surface area contributed by atoms with E-state index in [2.05, 4.69) is 0 Å². The zero-order valence-corrected chi connectivity index (χ0v) is 21.6. The minimum atomic E-state index is -2.92. The van der Waals surface area contributed by atoms with Gasteiger partial charge in [0.15, 0.2) is 0 Å². The molecule has 2 fully saturated rings. The molecule has 2 atom stereocenters. The van der Waals surface area contributed by atoms with Gasteiger partial charge in [-0.25, -0.2) is 18.8 Å². The predicted octanol–water partition coefficient (Wildman–Crippen LogP) is 3.21. The van der Waals surface area contributed by atoms with Gasteiger partial charge in [-0.1, -0.05) is 0 Å². The Morgan fingerprint density at radius 1 is 0.794 bits per heavy atom. The van der Waals surface area contributed by atoms with Crippen LogP contribution in [0.2, 0.25) is 0 Å². The van der Waals surface area contributed by atoms with Crippen LogP contribution < -0.4 is 0 Å². The SMILES string of the molecule is CC(C)(C)OC(=O)N(C(=O)OC(C)(C)C)[C@@]1(C(=O)OC(C)(C)C)C[C@]1(F)C(=O)N1CCOCC1. The molecule has 10 nitrogen and oxygen atoms in total. The van der Waals surface area contributed by atoms with Gasteiger partial charge in [0.25, 0.3) is 5.91 Å². The lowest BCUT2D eigenvalue weighted by atomic mass is 10.1. The van der Waals surface area contributed by atoms with Gasteiger partial charge in [0.05, 0.1) is 13.2 Å². The number of hydrogen-bond acceptors (Lipinski definition) is 8. The average molecular weight is 489 g/mol. The monoisotopic (exact) mass is 488 g/mol. The van der Waals surface area contributed by atoms with E-state index in [9.17, 15) is 19.2 Å². The Hall–Kier alpha value is -2.43. The fraction of sp³-hybridized carbons (Fsp3) is 0.826. The summed E-state index contributed by atoms with van der Waals surface area (Å²) in [5, 5.41) is 0. The van der Waals surface area contributed by atoms with Gasteiger partial charge in [0.2, 0.25) is 11.2 Å². The van der Waals surface area contributed by atoms with E-state index in [0.29, 0.717) is 0 Å². The fourth-order valence-electron chi connectivity index (χ4n) is 3.52. The van der Waals surface area contributed by atoms with Crippen molar-refractivity contribution in [1.29, 1.82) is 0 Å². The fourth-order valence-corrected chi connectivity index (χ4v) is 3.52. The van der Waals surface area contributed by atoms with Gasteiger partial charge >= 0.3 is 18.2 Å². The normalized spacial score (nSPS) is 25.3. The molecule has 0 unspecified atom stereocenters. The molecule has 3 amide bonds. The number of carbonyl (C=O) groups excluding carboxylic acids is 4. The van der Waals surface area contributed by atoms with E-state index in [1.54, 1.807) is 62.3 Å². The molecular weight excluding hydrogens is 451 g/mol. The molecule has 1 saturated heterocycles. The molecule has 0 radical (unpaired) electrons. The summed E-state index contributed by atoms with van der Waals surface area (Å²) in [5.74, 6) is -2.26. The van der Waals surface area contributed by atoms with Crippen LogP contribution in [0.25, 0.3) is 0 Å². The highest BCUT2D eigenvalue weighted by Gasteiger charge is 2.85.